The number of nitriles is 1. The Balaban J connectivity index is 2.62. The molecular weight excluding hydrogens is 256 g/mol. The fourth-order valence-corrected chi connectivity index (χ4v) is 1.64. The molecule has 2 N–H and O–H groups in total. The smallest absolute Gasteiger partial charge is 0.238 e. The molecule has 2 amide bonds. The Morgan fingerprint density at radius 1 is 1.25 bits per heavy atom. The van der Waals surface area contributed by atoms with E-state index in [1.54, 1.807) is 36.2 Å². The minimum Gasteiger partial charge on any atom is -0.358 e. The molecule has 0 aliphatic rings. The minimum absolute atomic E-state index is 0.101. The normalized spacial score (nSPS) is 9.90. The summed E-state index contributed by atoms with van der Waals surface area (Å²) in [5.41, 5.74) is 0.895. The molecule has 0 aliphatic heterocycles. The molecule has 1 aromatic rings. The summed E-state index contributed by atoms with van der Waals surface area (Å²) < 4.78 is 0. The van der Waals surface area contributed by atoms with E-state index in [2.05, 4.69) is 10.6 Å². The SMILES string of the molecule is CCN(CC(=O)NC)CC(=O)Nc1ccccc1C#N. The van der Waals surface area contributed by atoms with Gasteiger partial charge in [-0.15, -0.1) is 0 Å². The summed E-state index contributed by atoms with van der Waals surface area (Å²) in [5.74, 6) is -0.393. The Kier molecular flexibility index (Phi) is 6.20. The lowest BCUT2D eigenvalue weighted by molar-refractivity contribution is -0.123. The molecule has 0 heterocycles. The van der Waals surface area contributed by atoms with Crippen molar-refractivity contribution in [3.63, 3.8) is 0 Å². The van der Waals surface area contributed by atoms with E-state index in [0.29, 0.717) is 17.8 Å². The highest BCUT2D eigenvalue weighted by molar-refractivity contribution is 5.93. The molecule has 0 aromatic heterocycles. The van der Waals surface area contributed by atoms with Gasteiger partial charge in [-0.05, 0) is 18.7 Å². The standard InChI is InChI=1S/C14H18N4O2/c1-3-18(9-13(19)16-2)10-14(20)17-12-7-5-4-6-11(12)8-15/h4-7H,3,9-10H2,1-2H3,(H,16,19)(H,17,20). The second-order valence-corrected chi connectivity index (χ2v) is 4.18. The fraction of sp³-hybridized carbons (Fsp3) is 0.357. The van der Waals surface area contributed by atoms with Crippen molar-refractivity contribution in [2.24, 2.45) is 0 Å². The average molecular weight is 274 g/mol. The lowest BCUT2D eigenvalue weighted by atomic mass is 10.2. The van der Waals surface area contributed by atoms with Gasteiger partial charge in [-0.2, -0.15) is 5.26 Å². The molecule has 1 rings (SSSR count). The van der Waals surface area contributed by atoms with Crippen LogP contribution in [0.1, 0.15) is 12.5 Å². The van der Waals surface area contributed by atoms with Gasteiger partial charge in [0.25, 0.3) is 0 Å². The van der Waals surface area contributed by atoms with Crippen molar-refractivity contribution < 1.29 is 9.59 Å². The fourth-order valence-electron chi connectivity index (χ4n) is 1.64. The summed E-state index contributed by atoms with van der Waals surface area (Å²) in [7, 11) is 1.55. The molecule has 0 spiro atoms. The van der Waals surface area contributed by atoms with Crippen LogP contribution < -0.4 is 10.6 Å². The number of anilines is 1. The third-order valence-corrected chi connectivity index (χ3v) is 2.78. The third kappa shape index (κ3) is 4.71. The van der Waals surface area contributed by atoms with Gasteiger partial charge < -0.3 is 10.6 Å². The van der Waals surface area contributed by atoms with E-state index in [0.717, 1.165) is 0 Å². The molecule has 0 aliphatic carbocycles. The quantitative estimate of drug-likeness (QED) is 0.794. The Bertz CT molecular complexity index is 522. The second kappa shape index (κ2) is 7.92. The van der Waals surface area contributed by atoms with Crippen molar-refractivity contribution in [1.82, 2.24) is 10.2 Å². The molecule has 6 heteroatoms. The van der Waals surface area contributed by atoms with E-state index >= 15 is 0 Å². The molecule has 0 radical (unpaired) electrons. The number of carbonyl (C=O) groups is 2. The Labute approximate surface area is 118 Å². The summed E-state index contributed by atoms with van der Waals surface area (Å²) >= 11 is 0. The van der Waals surface area contributed by atoms with Crippen molar-refractivity contribution in [2.75, 3.05) is 32.0 Å². The van der Waals surface area contributed by atoms with Crippen molar-refractivity contribution in [3.05, 3.63) is 29.8 Å². The lowest BCUT2D eigenvalue weighted by Crippen LogP contribution is -2.40. The maximum atomic E-state index is 11.9. The largest absolute Gasteiger partial charge is 0.358 e. The highest BCUT2D eigenvalue weighted by Gasteiger charge is 2.13. The minimum atomic E-state index is -0.251. The van der Waals surface area contributed by atoms with E-state index in [1.807, 2.05) is 13.0 Å². The zero-order chi connectivity index (χ0) is 15.0. The molecule has 0 atom stereocenters. The maximum Gasteiger partial charge on any atom is 0.238 e. The number of nitrogens with zero attached hydrogens (tertiary/aromatic N) is 2. The summed E-state index contributed by atoms with van der Waals surface area (Å²) in [6.07, 6.45) is 0. The average Bonchev–Trinajstić information content (AvgIpc) is 2.46. The van der Waals surface area contributed by atoms with Crippen molar-refractivity contribution >= 4 is 17.5 Å². The Morgan fingerprint density at radius 3 is 2.50 bits per heavy atom. The molecule has 0 saturated heterocycles. The Morgan fingerprint density at radius 2 is 1.90 bits per heavy atom. The second-order valence-electron chi connectivity index (χ2n) is 4.18. The van der Waals surface area contributed by atoms with Gasteiger partial charge in [0.05, 0.1) is 24.3 Å². The zero-order valence-electron chi connectivity index (χ0n) is 11.6. The van der Waals surface area contributed by atoms with Gasteiger partial charge in [0.2, 0.25) is 11.8 Å². The van der Waals surface area contributed by atoms with E-state index in [4.69, 9.17) is 5.26 Å². The third-order valence-electron chi connectivity index (χ3n) is 2.78. The highest BCUT2D eigenvalue weighted by Crippen LogP contribution is 2.13. The molecular formula is C14H18N4O2. The summed E-state index contributed by atoms with van der Waals surface area (Å²) in [6, 6.07) is 8.81. The molecule has 106 valence electrons. The van der Waals surface area contributed by atoms with Crippen molar-refractivity contribution in [2.45, 2.75) is 6.92 Å². The Hall–Kier alpha value is -2.39. The van der Waals surface area contributed by atoms with Crippen LogP contribution in [0.25, 0.3) is 0 Å². The van der Waals surface area contributed by atoms with E-state index in [1.165, 1.54) is 0 Å². The first kappa shape index (κ1) is 15.7. The van der Waals surface area contributed by atoms with Crippen LogP contribution >= 0.6 is 0 Å². The maximum absolute atomic E-state index is 11.9. The molecule has 0 saturated carbocycles. The van der Waals surface area contributed by atoms with Gasteiger partial charge in [-0.1, -0.05) is 19.1 Å². The number of carbonyl (C=O) groups excluding carboxylic acids is 2. The summed E-state index contributed by atoms with van der Waals surface area (Å²) in [4.78, 5) is 24.9. The predicted octanol–water partition coefficient (Wildman–Crippen LogP) is 0.565. The monoisotopic (exact) mass is 274 g/mol. The predicted molar refractivity (Wildman–Crippen MR) is 76.0 cm³/mol. The van der Waals surface area contributed by atoms with Crippen LogP contribution in [0, 0.1) is 11.3 Å². The number of likely N-dealkylation sites (N-methyl/N-ethyl adjacent to an activating group) is 2. The van der Waals surface area contributed by atoms with Gasteiger partial charge in [0, 0.05) is 7.05 Å². The first-order chi connectivity index (χ1) is 9.60. The number of hydrogen-bond acceptors (Lipinski definition) is 4. The van der Waals surface area contributed by atoms with Gasteiger partial charge in [-0.3, -0.25) is 14.5 Å². The number of rotatable bonds is 6. The number of para-hydroxylation sites is 1. The van der Waals surface area contributed by atoms with Crippen LogP contribution in [-0.4, -0.2) is 43.4 Å². The van der Waals surface area contributed by atoms with Crippen LogP contribution in [0.3, 0.4) is 0 Å². The van der Waals surface area contributed by atoms with Gasteiger partial charge >= 0.3 is 0 Å². The molecule has 6 nitrogen and oxygen atoms in total. The number of benzene rings is 1. The summed E-state index contributed by atoms with van der Waals surface area (Å²) in [5, 5.41) is 14.1. The molecule has 20 heavy (non-hydrogen) atoms. The first-order valence-corrected chi connectivity index (χ1v) is 6.32. The zero-order valence-corrected chi connectivity index (χ0v) is 11.6. The summed E-state index contributed by atoms with van der Waals surface area (Å²) in [6.45, 7) is 2.73. The molecule has 1 aromatic carbocycles. The van der Waals surface area contributed by atoms with Crippen LogP contribution in [0.15, 0.2) is 24.3 Å². The van der Waals surface area contributed by atoms with Gasteiger partial charge in [0.1, 0.15) is 6.07 Å². The van der Waals surface area contributed by atoms with Crippen LogP contribution in [0.4, 0.5) is 5.69 Å². The van der Waals surface area contributed by atoms with Gasteiger partial charge in [-0.25, -0.2) is 0 Å². The van der Waals surface area contributed by atoms with Crippen LogP contribution in [-0.2, 0) is 9.59 Å². The van der Waals surface area contributed by atoms with E-state index in [9.17, 15) is 9.59 Å². The van der Waals surface area contributed by atoms with E-state index < -0.39 is 0 Å². The number of nitrogens with one attached hydrogen (secondary N) is 2. The van der Waals surface area contributed by atoms with E-state index in [-0.39, 0.29) is 24.9 Å². The van der Waals surface area contributed by atoms with Crippen molar-refractivity contribution in [3.8, 4) is 6.07 Å². The molecule has 0 unspecified atom stereocenters. The lowest BCUT2D eigenvalue weighted by Gasteiger charge is -2.18. The molecule has 0 bridgehead atoms. The van der Waals surface area contributed by atoms with Crippen molar-refractivity contribution in [1.29, 1.82) is 5.26 Å². The topological polar surface area (TPSA) is 85.2 Å². The number of amides is 2. The highest BCUT2D eigenvalue weighted by atomic mass is 16.2. The number of hydrogen-bond donors (Lipinski definition) is 2. The van der Waals surface area contributed by atoms with Crippen LogP contribution in [0.5, 0.6) is 0 Å². The first-order valence-electron chi connectivity index (χ1n) is 6.32. The van der Waals surface area contributed by atoms with Crippen LogP contribution in [0.2, 0.25) is 0 Å². The molecule has 0 fully saturated rings. The van der Waals surface area contributed by atoms with Gasteiger partial charge in [0.15, 0.2) is 0 Å².